The van der Waals surface area contributed by atoms with Gasteiger partial charge in [0, 0.05) is 44.0 Å². The van der Waals surface area contributed by atoms with Crippen LogP contribution in [0, 0.1) is 6.92 Å². The summed E-state index contributed by atoms with van der Waals surface area (Å²) in [4.78, 5) is 14.4. The Bertz CT molecular complexity index is 709. The first-order chi connectivity index (χ1) is 12.2. The third-order valence-corrected chi connectivity index (χ3v) is 5.57. The van der Waals surface area contributed by atoms with Gasteiger partial charge < -0.3 is 4.90 Å². The summed E-state index contributed by atoms with van der Waals surface area (Å²) in [6, 6.07) is 11.8. The van der Waals surface area contributed by atoms with Gasteiger partial charge in [-0.2, -0.15) is 0 Å². The van der Waals surface area contributed by atoms with Crippen molar-refractivity contribution in [2.24, 2.45) is 0 Å². The predicted molar refractivity (Wildman–Crippen MR) is 102 cm³/mol. The zero-order chi connectivity index (χ0) is 17.2. The smallest absolute Gasteiger partial charge is 0.132 e. The first kappa shape index (κ1) is 16.5. The van der Waals surface area contributed by atoms with Crippen molar-refractivity contribution in [2.75, 3.05) is 31.1 Å². The Labute approximate surface area is 150 Å². The van der Waals surface area contributed by atoms with Crippen molar-refractivity contribution in [3.05, 3.63) is 53.0 Å². The number of fused-ring (bicyclic) bond motifs is 1. The first-order valence-corrected chi connectivity index (χ1v) is 9.63. The number of piperazine rings is 1. The number of anilines is 1. The van der Waals surface area contributed by atoms with Crippen LogP contribution < -0.4 is 4.90 Å². The number of rotatable bonds is 4. The number of hydrogen-bond donors (Lipinski definition) is 0. The molecule has 1 aliphatic carbocycles. The molecular weight excluding hydrogens is 308 g/mol. The zero-order valence-electron chi connectivity index (χ0n) is 15.4. The Hall–Kier alpha value is -1.94. The van der Waals surface area contributed by atoms with Crippen LogP contribution in [0.15, 0.2) is 30.3 Å². The topological polar surface area (TPSA) is 32.3 Å². The fraction of sp³-hybridized carbons (Fsp3) is 0.524. The molecule has 2 heterocycles. The Balaban J connectivity index is 1.39. The largest absolute Gasteiger partial charge is 0.354 e. The van der Waals surface area contributed by atoms with E-state index in [1.807, 2.05) is 6.92 Å². The van der Waals surface area contributed by atoms with E-state index in [4.69, 9.17) is 4.98 Å². The molecule has 1 aromatic heterocycles. The summed E-state index contributed by atoms with van der Waals surface area (Å²) in [5.41, 5.74) is 4.27. The van der Waals surface area contributed by atoms with Crippen LogP contribution in [0.3, 0.4) is 0 Å². The van der Waals surface area contributed by atoms with Gasteiger partial charge >= 0.3 is 0 Å². The summed E-state index contributed by atoms with van der Waals surface area (Å²) in [6.45, 7) is 8.60. The molecule has 0 bridgehead atoms. The fourth-order valence-electron chi connectivity index (χ4n) is 4.27. The van der Waals surface area contributed by atoms with Gasteiger partial charge in [-0.1, -0.05) is 37.6 Å². The van der Waals surface area contributed by atoms with Crippen LogP contribution in [0.4, 0.5) is 5.82 Å². The molecule has 0 amide bonds. The summed E-state index contributed by atoms with van der Waals surface area (Å²) in [5.74, 6) is 2.01. The molecule has 1 aromatic carbocycles. The summed E-state index contributed by atoms with van der Waals surface area (Å²) < 4.78 is 0. The normalized spacial score (nSPS) is 18.6. The number of hydrogen-bond acceptors (Lipinski definition) is 4. The molecule has 0 spiro atoms. The van der Waals surface area contributed by atoms with E-state index < -0.39 is 0 Å². The monoisotopic (exact) mass is 336 g/mol. The van der Waals surface area contributed by atoms with E-state index >= 15 is 0 Å². The molecule has 2 aliphatic rings. The van der Waals surface area contributed by atoms with Crippen molar-refractivity contribution >= 4 is 5.82 Å². The summed E-state index contributed by atoms with van der Waals surface area (Å²) in [6.07, 6.45) is 4.59. The van der Waals surface area contributed by atoms with E-state index in [1.165, 1.54) is 18.5 Å². The molecule has 25 heavy (non-hydrogen) atoms. The fourth-order valence-corrected chi connectivity index (χ4v) is 4.27. The van der Waals surface area contributed by atoms with E-state index in [9.17, 15) is 0 Å². The van der Waals surface area contributed by atoms with Crippen molar-refractivity contribution in [1.82, 2.24) is 14.9 Å². The second kappa shape index (κ2) is 7.12. The van der Waals surface area contributed by atoms with Gasteiger partial charge in [0.15, 0.2) is 0 Å². The molecule has 1 saturated heterocycles. The third kappa shape index (κ3) is 3.54. The molecule has 0 atom stereocenters. The quantitative estimate of drug-likeness (QED) is 0.859. The minimum atomic E-state index is 0.683. The number of benzene rings is 1. The van der Waals surface area contributed by atoms with Gasteiger partial charge in [0.2, 0.25) is 0 Å². The molecule has 1 aliphatic heterocycles. The SMILES string of the molecule is CCCc1cc(N2CCN(C3Cc4ccccc4C3)CC2)nc(C)n1. The highest BCUT2D eigenvalue weighted by atomic mass is 15.3. The van der Waals surface area contributed by atoms with Gasteiger partial charge in [-0.05, 0) is 37.3 Å². The lowest BCUT2D eigenvalue weighted by molar-refractivity contribution is 0.190. The number of aryl methyl sites for hydroxylation is 2. The molecule has 0 N–H and O–H groups in total. The van der Waals surface area contributed by atoms with Gasteiger partial charge in [-0.25, -0.2) is 9.97 Å². The van der Waals surface area contributed by atoms with Gasteiger partial charge in [0.1, 0.15) is 11.6 Å². The van der Waals surface area contributed by atoms with E-state index in [0.29, 0.717) is 6.04 Å². The highest BCUT2D eigenvalue weighted by molar-refractivity contribution is 5.41. The van der Waals surface area contributed by atoms with Gasteiger partial charge in [0.05, 0.1) is 0 Å². The van der Waals surface area contributed by atoms with Crippen LogP contribution in [0.5, 0.6) is 0 Å². The lowest BCUT2D eigenvalue weighted by atomic mass is 10.1. The minimum Gasteiger partial charge on any atom is -0.354 e. The average molecular weight is 336 g/mol. The summed E-state index contributed by atoms with van der Waals surface area (Å²) >= 11 is 0. The first-order valence-electron chi connectivity index (χ1n) is 9.63. The molecule has 1 fully saturated rings. The van der Waals surface area contributed by atoms with E-state index in [-0.39, 0.29) is 0 Å². The molecule has 2 aromatic rings. The molecule has 4 nitrogen and oxygen atoms in total. The lowest BCUT2D eigenvalue weighted by Gasteiger charge is -2.38. The average Bonchev–Trinajstić information content (AvgIpc) is 3.06. The van der Waals surface area contributed by atoms with Crippen molar-refractivity contribution in [1.29, 1.82) is 0 Å². The Kier molecular flexibility index (Phi) is 4.71. The van der Waals surface area contributed by atoms with Crippen molar-refractivity contribution in [3.63, 3.8) is 0 Å². The second-order valence-electron chi connectivity index (χ2n) is 7.37. The molecular formula is C21H28N4. The van der Waals surface area contributed by atoms with Crippen LogP contribution in [0.25, 0.3) is 0 Å². The standard InChI is InChI=1S/C21H28N4/c1-3-6-19-15-21(23-16(2)22-19)25-11-9-24(10-12-25)20-13-17-7-4-5-8-18(17)14-20/h4-5,7-8,15,20H,3,6,9-14H2,1-2H3. The number of nitrogens with zero attached hydrogens (tertiary/aromatic N) is 4. The predicted octanol–water partition coefficient (Wildman–Crippen LogP) is 3.03. The Morgan fingerprint density at radius 3 is 2.32 bits per heavy atom. The van der Waals surface area contributed by atoms with E-state index in [2.05, 4.69) is 52.0 Å². The van der Waals surface area contributed by atoms with Crippen molar-refractivity contribution < 1.29 is 0 Å². The highest BCUT2D eigenvalue weighted by Crippen LogP contribution is 2.26. The highest BCUT2D eigenvalue weighted by Gasteiger charge is 2.29. The Morgan fingerprint density at radius 2 is 1.68 bits per heavy atom. The zero-order valence-corrected chi connectivity index (χ0v) is 15.4. The van der Waals surface area contributed by atoms with Crippen LogP contribution in [-0.2, 0) is 19.3 Å². The van der Waals surface area contributed by atoms with Crippen LogP contribution in [0.1, 0.15) is 36.0 Å². The summed E-state index contributed by atoms with van der Waals surface area (Å²) in [7, 11) is 0. The van der Waals surface area contributed by atoms with Crippen molar-refractivity contribution in [3.8, 4) is 0 Å². The second-order valence-corrected chi connectivity index (χ2v) is 7.37. The molecule has 0 saturated carbocycles. The van der Waals surface area contributed by atoms with Gasteiger partial charge in [-0.15, -0.1) is 0 Å². The third-order valence-electron chi connectivity index (χ3n) is 5.57. The van der Waals surface area contributed by atoms with Gasteiger partial charge in [-0.3, -0.25) is 4.90 Å². The lowest BCUT2D eigenvalue weighted by Crippen LogP contribution is -2.51. The van der Waals surface area contributed by atoms with Crippen LogP contribution in [-0.4, -0.2) is 47.1 Å². The van der Waals surface area contributed by atoms with Crippen LogP contribution in [0.2, 0.25) is 0 Å². The number of aromatic nitrogens is 2. The maximum atomic E-state index is 4.69. The maximum absolute atomic E-state index is 4.69. The summed E-state index contributed by atoms with van der Waals surface area (Å²) in [5, 5.41) is 0. The van der Waals surface area contributed by atoms with E-state index in [0.717, 1.165) is 50.7 Å². The molecule has 0 radical (unpaired) electrons. The van der Waals surface area contributed by atoms with Crippen LogP contribution >= 0.6 is 0 Å². The minimum absolute atomic E-state index is 0.683. The molecule has 4 heteroatoms. The maximum Gasteiger partial charge on any atom is 0.132 e. The van der Waals surface area contributed by atoms with Crippen molar-refractivity contribution in [2.45, 2.75) is 45.6 Å². The van der Waals surface area contributed by atoms with E-state index in [1.54, 1.807) is 11.1 Å². The molecule has 132 valence electrons. The van der Waals surface area contributed by atoms with Gasteiger partial charge in [0.25, 0.3) is 0 Å². The molecule has 0 unspecified atom stereocenters. The molecule has 4 rings (SSSR count). The Morgan fingerprint density at radius 1 is 1.00 bits per heavy atom.